The molecule has 0 spiro atoms. The number of benzene rings is 2. The van der Waals surface area contributed by atoms with Crippen molar-refractivity contribution in [1.82, 2.24) is 19.7 Å². The molecular weight excluding hydrogens is 504 g/mol. The van der Waals surface area contributed by atoms with Crippen molar-refractivity contribution < 1.29 is 18.7 Å². The molecule has 0 atom stereocenters. The number of aromatic nitrogens is 3. The quantitative estimate of drug-likeness (QED) is 0.209. The van der Waals surface area contributed by atoms with Crippen molar-refractivity contribution in [3.8, 4) is 22.8 Å². The van der Waals surface area contributed by atoms with Crippen LogP contribution in [0.25, 0.3) is 22.2 Å². The van der Waals surface area contributed by atoms with Gasteiger partial charge in [-0.1, -0.05) is 18.2 Å². The average Bonchev–Trinajstić information content (AvgIpc) is 3.59. The summed E-state index contributed by atoms with van der Waals surface area (Å²) >= 11 is 0. The highest BCUT2D eigenvalue weighted by Crippen LogP contribution is 2.36. The van der Waals surface area contributed by atoms with E-state index in [0.717, 1.165) is 44.7 Å². The van der Waals surface area contributed by atoms with Crippen LogP contribution in [0.15, 0.2) is 71.3 Å². The van der Waals surface area contributed by atoms with E-state index in [0.29, 0.717) is 43.3 Å². The number of furan rings is 1. The highest BCUT2D eigenvalue weighted by atomic mass is 16.5. The summed E-state index contributed by atoms with van der Waals surface area (Å²) in [6.07, 6.45) is 1.93. The summed E-state index contributed by atoms with van der Waals surface area (Å²) in [4.78, 5) is 20.7. The molecule has 0 saturated heterocycles. The van der Waals surface area contributed by atoms with E-state index in [-0.39, 0.29) is 5.91 Å². The van der Waals surface area contributed by atoms with E-state index < -0.39 is 0 Å². The lowest BCUT2D eigenvalue weighted by Crippen LogP contribution is -2.31. The van der Waals surface area contributed by atoms with Crippen LogP contribution in [0.5, 0.6) is 11.5 Å². The summed E-state index contributed by atoms with van der Waals surface area (Å²) in [5, 5.41) is 5.53. The molecule has 0 aliphatic heterocycles. The molecule has 1 amide bonds. The number of carbonyl (C=O) groups is 1. The zero-order valence-corrected chi connectivity index (χ0v) is 23.6. The Hall–Kier alpha value is -4.59. The number of methoxy groups -OCH3 is 2. The third-order valence-corrected chi connectivity index (χ3v) is 7.07. The first-order valence-corrected chi connectivity index (χ1v) is 13.3. The van der Waals surface area contributed by atoms with Crippen molar-refractivity contribution in [2.45, 2.75) is 46.8 Å². The largest absolute Gasteiger partial charge is 0.497 e. The van der Waals surface area contributed by atoms with E-state index >= 15 is 0 Å². The minimum Gasteiger partial charge on any atom is -0.497 e. The molecule has 2 aromatic carbocycles. The lowest BCUT2D eigenvalue weighted by Gasteiger charge is -2.24. The summed E-state index contributed by atoms with van der Waals surface area (Å²) < 4.78 is 18.8. The van der Waals surface area contributed by atoms with Gasteiger partial charge in [-0.2, -0.15) is 5.10 Å². The summed E-state index contributed by atoms with van der Waals surface area (Å²) in [6.45, 7) is 7.18. The number of nitrogens with zero attached hydrogens (tertiary/aromatic N) is 4. The van der Waals surface area contributed by atoms with Crippen LogP contribution in [0.1, 0.15) is 34.7 Å². The van der Waals surface area contributed by atoms with Crippen LogP contribution in [-0.2, 0) is 24.4 Å². The molecule has 0 unspecified atom stereocenters. The van der Waals surface area contributed by atoms with Gasteiger partial charge in [-0.3, -0.25) is 9.48 Å². The number of amides is 1. The first-order valence-electron chi connectivity index (χ1n) is 13.3. The SMILES string of the molecule is COc1ccc(OC)c(-c2nc3c(C)cccc3cc2CN(Cc2ccco2)C(=O)CCn2nc(C)cc2C)c1. The van der Waals surface area contributed by atoms with Gasteiger partial charge < -0.3 is 18.8 Å². The van der Waals surface area contributed by atoms with Crippen molar-refractivity contribution in [1.29, 1.82) is 0 Å². The maximum absolute atomic E-state index is 13.7. The Morgan fingerprint density at radius 3 is 2.52 bits per heavy atom. The molecule has 40 heavy (non-hydrogen) atoms. The molecule has 206 valence electrons. The minimum atomic E-state index is -0.00292. The van der Waals surface area contributed by atoms with Gasteiger partial charge in [0.05, 0.1) is 43.9 Å². The topological polar surface area (TPSA) is 82.6 Å². The van der Waals surface area contributed by atoms with Crippen LogP contribution in [-0.4, -0.2) is 39.8 Å². The number of para-hydroxylation sites is 1. The van der Waals surface area contributed by atoms with E-state index in [1.54, 1.807) is 20.5 Å². The number of hydrogen-bond acceptors (Lipinski definition) is 6. The fourth-order valence-corrected chi connectivity index (χ4v) is 5.03. The lowest BCUT2D eigenvalue weighted by molar-refractivity contribution is -0.133. The number of rotatable bonds is 10. The molecule has 5 rings (SSSR count). The van der Waals surface area contributed by atoms with Gasteiger partial charge in [0.1, 0.15) is 17.3 Å². The molecule has 0 fully saturated rings. The smallest absolute Gasteiger partial charge is 0.225 e. The lowest BCUT2D eigenvalue weighted by atomic mass is 10.00. The van der Waals surface area contributed by atoms with Crippen LogP contribution < -0.4 is 9.47 Å². The summed E-state index contributed by atoms with van der Waals surface area (Å²) in [7, 11) is 3.28. The molecule has 0 N–H and O–H groups in total. The molecule has 8 nitrogen and oxygen atoms in total. The molecular formula is C32H34N4O4. The molecule has 8 heteroatoms. The Morgan fingerprint density at radius 2 is 1.82 bits per heavy atom. The number of hydrogen-bond donors (Lipinski definition) is 0. The monoisotopic (exact) mass is 538 g/mol. The van der Waals surface area contributed by atoms with Crippen LogP contribution in [0.3, 0.4) is 0 Å². The van der Waals surface area contributed by atoms with Gasteiger partial charge in [0.25, 0.3) is 0 Å². The molecule has 0 radical (unpaired) electrons. The Labute approximate surface area is 234 Å². The summed E-state index contributed by atoms with van der Waals surface area (Å²) in [5.41, 5.74) is 6.38. The van der Waals surface area contributed by atoms with E-state index in [1.165, 1.54) is 0 Å². The number of aryl methyl sites for hydroxylation is 4. The fraction of sp³-hybridized carbons (Fsp3) is 0.281. The van der Waals surface area contributed by atoms with Gasteiger partial charge in [-0.15, -0.1) is 0 Å². The van der Waals surface area contributed by atoms with E-state index in [4.69, 9.17) is 18.9 Å². The number of ether oxygens (including phenoxy) is 2. The van der Waals surface area contributed by atoms with Crippen molar-refractivity contribution in [3.63, 3.8) is 0 Å². The Bertz CT molecular complexity index is 1640. The average molecular weight is 539 g/mol. The van der Waals surface area contributed by atoms with Gasteiger partial charge in [0.15, 0.2) is 0 Å². The first kappa shape index (κ1) is 27.0. The normalized spacial score (nSPS) is 11.1. The van der Waals surface area contributed by atoms with E-state index in [2.05, 4.69) is 11.2 Å². The van der Waals surface area contributed by atoms with Crippen LogP contribution >= 0.6 is 0 Å². The van der Waals surface area contributed by atoms with Crippen molar-refractivity contribution in [3.05, 3.63) is 95.2 Å². The predicted molar refractivity (Wildman–Crippen MR) is 154 cm³/mol. The second kappa shape index (κ2) is 11.7. The van der Waals surface area contributed by atoms with Gasteiger partial charge in [-0.25, -0.2) is 4.98 Å². The van der Waals surface area contributed by atoms with Crippen LogP contribution in [0, 0.1) is 20.8 Å². The first-order chi connectivity index (χ1) is 19.4. The van der Waals surface area contributed by atoms with Gasteiger partial charge in [0.2, 0.25) is 5.91 Å². The molecule has 3 aromatic heterocycles. The Balaban J connectivity index is 1.57. The van der Waals surface area contributed by atoms with Crippen LogP contribution in [0.2, 0.25) is 0 Å². The number of carbonyl (C=O) groups excluding carboxylic acids is 1. The molecule has 5 aromatic rings. The predicted octanol–water partition coefficient (Wildman–Crippen LogP) is 6.25. The van der Waals surface area contributed by atoms with E-state index in [1.807, 2.05) is 85.0 Å². The van der Waals surface area contributed by atoms with Crippen molar-refractivity contribution in [2.75, 3.05) is 14.2 Å². The highest BCUT2D eigenvalue weighted by Gasteiger charge is 2.22. The molecule has 0 saturated carbocycles. The van der Waals surface area contributed by atoms with E-state index in [9.17, 15) is 4.79 Å². The van der Waals surface area contributed by atoms with Gasteiger partial charge in [-0.05, 0) is 74.4 Å². The molecule has 0 aliphatic carbocycles. The minimum absolute atomic E-state index is 0.00292. The summed E-state index contributed by atoms with van der Waals surface area (Å²) in [5.74, 6) is 2.08. The molecule has 0 bridgehead atoms. The third-order valence-electron chi connectivity index (χ3n) is 7.07. The summed E-state index contributed by atoms with van der Waals surface area (Å²) in [6, 6.07) is 19.6. The Morgan fingerprint density at radius 1 is 0.975 bits per heavy atom. The fourth-order valence-electron chi connectivity index (χ4n) is 5.03. The number of pyridine rings is 1. The second-order valence-electron chi connectivity index (χ2n) is 9.94. The van der Waals surface area contributed by atoms with Crippen molar-refractivity contribution in [2.24, 2.45) is 0 Å². The maximum atomic E-state index is 13.7. The van der Waals surface area contributed by atoms with Gasteiger partial charge >= 0.3 is 0 Å². The zero-order chi connectivity index (χ0) is 28.2. The highest BCUT2D eigenvalue weighted by molar-refractivity contribution is 5.87. The number of fused-ring (bicyclic) bond motifs is 1. The third kappa shape index (κ3) is 5.71. The Kier molecular flexibility index (Phi) is 7.86. The van der Waals surface area contributed by atoms with Crippen molar-refractivity contribution >= 4 is 16.8 Å². The molecule has 3 heterocycles. The maximum Gasteiger partial charge on any atom is 0.225 e. The zero-order valence-electron chi connectivity index (χ0n) is 23.6. The second-order valence-corrected chi connectivity index (χ2v) is 9.94. The van der Waals surface area contributed by atoms with Crippen LogP contribution in [0.4, 0.5) is 0 Å². The van der Waals surface area contributed by atoms with Gasteiger partial charge in [0, 0.05) is 36.2 Å². The molecule has 0 aliphatic rings. The standard InChI is InChI=1S/C32H34N4O4/c1-21-8-6-9-24-17-25(32(33-31(21)24)28-18-26(38-4)11-12-29(28)39-5)19-35(20-27-10-7-15-40-27)30(37)13-14-36-23(3)16-22(2)34-36/h6-12,15-18H,13-14,19-20H2,1-5H3.